The van der Waals surface area contributed by atoms with Gasteiger partial charge in [-0.15, -0.1) is 0 Å². The van der Waals surface area contributed by atoms with Gasteiger partial charge in [0.15, 0.2) is 0 Å². The molecule has 0 saturated carbocycles. The Bertz CT molecular complexity index is 620. The number of nitrogens with zero attached hydrogens (tertiary/aromatic N) is 1. The van der Waals surface area contributed by atoms with Gasteiger partial charge in [0, 0.05) is 16.5 Å². The molecule has 0 aliphatic heterocycles. The molecule has 20 heavy (non-hydrogen) atoms. The lowest BCUT2D eigenvalue weighted by Gasteiger charge is -2.04. The molecule has 0 aliphatic rings. The Kier molecular flexibility index (Phi) is 4.49. The van der Waals surface area contributed by atoms with Gasteiger partial charge in [0.1, 0.15) is 23.2 Å². The number of hydrogen-bond acceptors (Lipinski definition) is 3. The van der Waals surface area contributed by atoms with E-state index in [9.17, 15) is 13.6 Å². The molecule has 106 valence electrons. The Balaban J connectivity index is 2.21. The zero-order valence-corrected chi connectivity index (χ0v) is 12.1. The van der Waals surface area contributed by atoms with E-state index >= 15 is 0 Å². The first kappa shape index (κ1) is 14.6. The van der Waals surface area contributed by atoms with Crippen molar-refractivity contribution in [2.75, 3.05) is 6.61 Å². The maximum absolute atomic E-state index is 13.7. The number of halogens is 3. The predicted octanol–water partition coefficient (Wildman–Crippen LogP) is 3.22. The normalized spacial score (nSPS) is 10.6. The molecule has 0 fully saturated rings. The maximum Gasteiger partial charge on any atom is 0.356 e. The number of rotatable bonds is 4. The lowest BCUT2D eigenvalue weighted by atomic mass is 10.1. The minimum absolute atomic E-state index is 0.0790. The molecule has 0 saturated heterocycles. The van der Waals surface area contributed by atoms with Crippen LogP contribution < -0.4 is 0 Å². The highest BCUT2D eigenvalue weighted by Crippen LogP contribution is 2.21. The molecular weight excluding hydrogens is 334 g/mol. The molecule has 0 bridgehead atoms. The van der Waals surface area contributed by atoms with Crippen LogP contribution in [0, 0.1) is 11.6 Å². The van der Waals surface area contributed by atoms with Crippen LogP contribution in [0.4, 0.5) is 8.78 Å². The third-order valence-corrected chi connectivity index (χ3v) is 3.03. The lowest BCUT2D eigenvalue weighted by molar-refractivity contribution is 0.0520. The highest BCUT2D eigenvalue weighted by atomic mass is 79.9. The minimum Gasteiger partial charge on any atom is -0.461 e. The van der Waals surface area contributed by atoms with Crippen molar-refractivity contribution in [1.82, 2.24) is 9.97 Å². The van der Waals surface area contributed by atoms with Crippen molar-refractivity contribution < 1.29 is 18.3 Å². The van der Waals surface area contributed by atoms with E-state index in [1.807, 2.05) is 0 Å². The van der Waals surface area contributed by atoms with Gasteiger partial charge in [0.05, 0.1) is 12.8 Å². The number of esters is 1. The van der Waals surface area contributed by atoms with Crippen molar-refractivity contribution in [3.05, 3.63) is 51.5 Å². The van der Waals surface area contributed by atoms with Gasteiger partial charge >= 0.3 is 5.97 Å². The summed E-state index contributed by atoms with van der Waals surface area (Å²) in [6.45, 7) is 1.92. The predicted molar refractivity (Wildman–Crippen MR) is 71.4 cm³/mol. The first-order valence-corrected chi connectivity index (χ1v) is 6.65. The fourth-order valence-electron chi connectivity index (χ4n) is 1.67. The van der Waals surface area contributed by atoms with Crippen LogP contribution in [0.3, 0.4) is 0 Å². The Morgan fingerprint density at radius 2 is 2.05 bits per heavy atom. The first-order chi connectivity index (χ1) is 9.51. The fraction of sp³-hybridized carbons (Fsp3) is 0.231. The average Bonchev–Trinajstić information content (AvgIpc) is 2.82. The smallest absolute Gasteiger partial charge is 0.356 e. The number of hydrogen-bond donors (Lipinski definition) is 1. The van der Waals surface area contributed by atoms with E-state index in [1.54, 1.807) is 6.92 Å². The summed E-state index contributed by atoms with van der Waals surface area (Å²) < 4.78 is 32.5. The molecule has 1 N–H and O–H groups in total. The van der Waals surface area contributed by atoms with Crippen molar-refractivity contribution in [3.63, 3.8) is 0 Å². The van der Waals surface area contributed by atoms with Crippen LogP contribution in [-0.2, 0) is 11.2 Å². The number of ether oxygens (including phenoxy) is 1. The van der Waals surface area contributed by atoms with Crippen LogP contribution >= 0.6 is 15.9 Å². The van der Waals surface area contributed by atoms with E-state index in [0.717, 1.165) is 0 Å². The zero-order valence-electron chi connectivity index (χ0n) is 10.5. The molecule has 0 atom stereocenters. The van der Waals surface area contributed by atoms with Crippen LogP contribution in [0.15, 0.2) is 22.8 Å². The standard InChI is InChI=1S/C13H11BrF2N2O2/c1-2-20-13(19)11-6-17-12(18-11)5-8-9(15)3-7(14)4-10(8)16/h3-4,6H,2,5H2,1H3,(H,17,18). The summed E-state index contributed by atoms with van der Waals surface area (Å²) >= 11 is 3.01. The quantitative estimate of drug-likeness (QED) is 0.866. The summed E-state index contributed by atoms with van der Waals surface area (Å²) in [6, 6.07) is 2.35. The topological polar surface area (TPSA) is 55.0 Å². The molecule has 0 amide bonds. The number of H-pyrrole nitrogens is 1. The van der Waals surface area contributed by atoms with Gasteiger partial charge in [-0.2, -0.15) is 0 Å². The van der Waals surface area contributed by atoms with Crippen molar-refractivity contribution in [2.24, 2.45) is 0 Å². The highest BCUT2D eigenvalue weighted by molar-refractivity contribution is 9.10. The summed E-state index contributed by atoms with van der Waals surface area (Å²) in [7, 11) is 0. The molecule has 1 aromatic heterocycles. The second-order valence-corrected chi connectivity index (χ2v) is 4.90. The summed E-state index contributed by atoms with van der Waals surface area (Å²) in [5.41, 5.74) is 0.0396. The van der Waals surface area contributed by atoms with Gasteiger partial charge in [-0.25, -0.2) is 18.6 Å². The molecule has 0 radical (unpaired) electrons. The number of carbonyl (C=O) groups is 1. The van der Waals surface area contributed by atoms with Crippen LogP contribution in [0.2, 0.25) is 0 Å². The molecular formula is C13H11BrF2N2O2. The zero-order chi connectivity index (χ0) is 14.7. The van der Waals surface area contributed by atoms with E-state index in [0.29, 0.717) is 4.47 Å². The lowest BCUT2D eigenvalue weighted by Crippen LogP contribution is -2.05. The molecule has 0 spiro atoms. The number of nitrogens with one attached hydrogen (secondary N) is 1. The van der Waals surface area contributed by atoms with Crippen LogP contribution in [0.25, 0.3) is 0 Å². The Morgan fingerprint density at radius 3 is 2.65 bits per heavy atom. The van der Waals surface area contributed by atoms with Gasteiger partial charge < -0.3 is 9.72 Å². The summed E-state index contributed by atoms with van der Waals surface area (Å²) in [4.78, 5) is 18.0. The number of carbonyl (C=O) groups excluding carboxylic acids is 1. The molecule has 0 unspecified atom stereocenters. The van der Waals surface area contributed by atoms with Gasteiger partial charge in [-0.1, -0.05) is 15.9 Å². The Labute approximate surface area is 122 Å². The summed E-state index contributed by atoms with van der Waals surface area (Å²) in [5, 5.41) is 0. The molecule has 4 nitrogen and oxygen atoms in total. The SMILES string of the molecule is CCOC(=O)c1cnc(Cc2c(F)cc(Br)cc2F)[nH]1. The second-order valence-electron chi connectivity index (χ2n) is 3.99. The Hall–Kier alpha value is -1.76. The van der Waals surface area contributed by atoms with E-state index in [2.05, 4.69) is 25.9 Å². The average molecular weight is 345 g/mol. The number of aromatic amines is 1. The molecule has 0 aliphatic carbocycles. The highest BCUT2D eigenvalue weighted by Gasteiger charge is 2.15. The fourth-order valence-corrected chi connectivity index (χ4v) is 2.08. The van der Waals surface area contributed by atoms with Crippen LogP contribution in [0.1, 0.15) is 28.8 Å². The first-order valence-electron chi connectivity index (χ1n) is 5.85. The number of imidazole rings is 1. The third-order valence-electron chi connectivity index (χ3n) is 2.57. The summed E-state index contributed by atoms with van der Waals surface area (Å²) in [5.74, 6) is -1.62. The van der Waals surface area contributed by atoms with Gasteiger partial charge in [-0.05, 0) is 19.1 Å². The van der Waals surface area contributed by atoms with Gasteiger partial charge in [0.2, 0.25) is 0 Å². The monoisotopic (exact) mass is 344 g/mol. The second kappa shape index (κ2) is 6.13. The molecule has 1 aromatic carbocycles. The minimum atomic E-state index is -0.675. The van der Waals surface area contributed by atoms with Gasteiger partial charge in [0.25, 0.3) is 0 Å². The van der Waals surface area contributed by atoms with Crippen molar-refractivity contribution >= 4 is 21.9 Å². The van der Waals surface area contributed by atoms with Crippen molar-refractivity contribution in [3.8, 4) is 0 Å². The molecule has 2 rings (SSSR count). The summed E-state index contributed by atoms with van der Waals surface area (Å²) in [6.07, 6.45) is 1.20. The van der Waals surface area contributed by atoms with E-state index in [-0.39, 0.29) is 30.1 Å². The Morgan fingerprint density at radius 1 is 1.40 bits per heavy atom. The molecule has 7 heteroatoms. The van der Waals surface area contributed by atoms with Crippen molar-refractivity contribution in [2.45, 2.75) is 13.3 Å². The van der Waals surface area contributed by atoms with Crippen LogP contribution in [0.5, 0.6) is 0 Å². The van der Waals surface area contributed by atoms with Crippen LogP contribution in [-0.4, -0.2) is 22.5 Å². The van der Waals surface area contributed by atoms with Gasteiger partial charge in [-0.3, -0.25) is 0 Å². The number of benzene rings is 1. The van der Waals surface area contributed by atoms with Crippen molar-refractivity contribution in [1.29, 1.82) is 0 Å². The maximum atomic E-state index is 13.7. The van der Waals surface area contributed by atoms with E-state index < -0.39 is 17.6 Å². The number of aromatic nitrogens is 2. The van der Waals surface area contributed by atoms with E-state index in [4.69, 9.17) is 4.74 Å². The third kappa shape index (κ3) is 3.22. The molecule has 2 aromatic rings. The largest absolute Gasteiger partial charge is 0.461 e. The van der Waals surface area contributed by atoms with E-state index in [1.165, 1.54) is 18.3 Å². The molecule has 1 heterocycles.